The highest BCUT2D eigenvalue weighted by Gasteiger charge is 2.42. The molecule has 0 N–H and O–H groups in total. The lowest BCUT2D eigenvalue weighted by atomic mass is 9.68. The van der Waals surface area contributed by atoms with Gasteiger partial charge in [0.05, 0.1) is 11.3 Å². The number of hydrogen-bond donors (Lipinski definition) is 0. The number of carbonyl (C=O) groups is 1. The molecule has 2 aromatic rings. The van der Waals surface area contributed by atoms with Crippen molar-refractivity contribution < 1.29 is 4.79 Å². The maximum absolute atomic E-state index is 13.0. The highest BCUT2D eigenvalue weighted by atomic mass is 16.2. The van der Waals surface area contributed by atoms with Gasteiger partial charge >= 0.3 is 0 Å². The van der Waals surface area contributed by atoms with E-state index in [1.165, 1.54) is 18.5 Å². The van der Waals surface area contributed by atoms with Crippen molar-refractivity contribution in [2.24, 2.45) is 12.5 Å². The van der Waals surface area contributed by atoms with Gasteiger partial charge in [-0.1, -0.05) is 37.3 Å². The number of carbonyl (C=O) groups excluding carboxylic acids is 1. The van der Waals surface area contributed by atoms with Gasteiger partial charge in [0.15, 0.2) is 0 Å². The summed E-state index contributed by atoms with van der Waals surface area (Å²) >= 11 is 0. The fraction of sp³-hybridized carbons (Fsp3) is 0.565. The van der Waals surface area contributed by atoms with Gasteiger partial charge in [0.1, 0.15) is 0 Å². The molecule has 4 rings (SSSR count). The molecule has 1 amide bonds. The van der Waals surface area contributed by atoms with E-state index >= 15 is 0 Å². The summed E-state index contributed by atoms with van der Waals surface area (Å²) in [5.74, 6) is 0.737. The molecule has 150 valence electrons. The van der Waals surface area contributed by atoms with Gasteiger partial charge in [-0.15, -0.1) is 0 Å². The predicted octanol–water partition coefficient (Wildman–Crippen LogP) is 3.46. The highest BCUT2D eigenvalue weighted by molar-refractivity contribution is 5.95. The lowest BCUT2D eigenvalue weighted by molar-refractivity contribution is 0.0158. The summed E-state index contributed by atoms with van der Waals surface area (Å²) in [6.07, 6.45) is 5.28. The van der Waals surface area contributed by atoms with E-state index in [1.54, 1.807) is 4.68 Å². The van der Waals surface area contributed by atoms with Crippen LogP contribution < -0.4 is 0 Å². The predicted molar refractivity (Wildman–Crippen MR) is 111 cm³/mol. The van der Waals surface area contributed by atoms with Crippen molar-refractivity contribution in [3.8, 4) is 0 Å². The van der Waals surface area contributed by atoms with E-state index in [-0.39, 0.29) is 5.91 Å². The van der Waals surface area contributed by atoms with E-state index in [0.29, 0.717) is 11.3 Å². The van der Waals surface area contributed by atoms with E-state index in [1.807, 2.05) is 25.1 Å². The van der Waals surface area contributed by atoms with Crippen LogP contribution in [-0.2, 0) is 7.05 Å². The number of hydrogen-bond acceptors (Lipinski definition) is 3. The summed E-state index contributed by atoms with van der Waals surface area (Å²) in [6, 6.07) is 11.0. The summed E-state index contributed by atoms with van der Waals surface area (Å²) in [6.45, 7) is 9.32. The molecule has 0 radical (unpaired) electrons. The number of aromatic nitrogens is 2. The maximum atomic E-state index is 13.0. The summed E-state index contributed by atoms with van der Waals surface area (Å²) in [5, 5.41) is 4.34. The largest absolute Gasteiger partial charge is 0.339 e. The molecule has 3 heterocycles. The molecule has 1 spiro atoms. The molecule has 0 aliphatic carbocycles. The number of likely N-dealkylation sites (N-methyl/N-ethyl adjacent to an activating group) is 1. The molecule has 2 aliphatic heterocycles. The second kappa shape index (κ2) is 7.70. The number of piperidine rings is 2. The van der Waals surface area contributed by atoms with E-state index in [2.05, 4.69) is 47.3 Å². The number of amides is 1. The van der Waals surface area contributed by atoms with Crippen LogP contribution in [0.2, 0.25) is 0 Å². The van der Waals surface area contributed by atoms with E-state index in [0.717, 1.165) is 50.3 Å². The van der Waals surface area contributed by atoms with Gasteiger partial charge in [-0.2, -0.15) is 5.10 Å². The van der Waals surface area contributed by atoms with Crippen LogP contribution in [0.3, 0.4) is 0 Å². The quantitative estimate of drug-likeness (QED) is 0.819. The van der Waals surface area contributed by atoms with Crippen molar-refractivity contribution in [1.29, 1.82) is 0 Å². The summed E-state index contributed by atoms with van der Waals surface area (Å²) < 4.78 is 1.73. The maximum Gasteiger partial charge on any atom is 0.257 e. The van der Waals surface area contributed by atoms with Crippen molar-refractivity contribution >= 4 is 5.91 Å². The first-order valence-corrected chi connectivity index (χ1v) is 10.6. The number of likely N-dealkylation sites (tertiary alicyclic amines) is 2. The van der Waals surface area contributed by atoms with Crippen molar-refractivity contribution in [1.82, 2.24) is 19.6 Å². The van der Waals surface area contributed by atoms with Gasteiger partial charge in [0.25, 0.3) is 5.91 Å². The molecule has 2 saturated heterocycles. The van der Waals surface area contributed by atoms with Crippen LogP contribution in [0.25, 0.3) is 0 Å². The Bertz CT molecular complexity index is 820. The molecular formula is C23H32N4O. The average Bonchev–Trinajstić information content (AvgIpc) is 3.06. The first-order valence-electron chi connectivity index (χ1n) is 10.6. The molecular weight excluding hydrogens is 348 g/mol. The third-order valence-electron chi connectivity index (χ3n) is 6.79. The molecule has 2 aliphatic rings. The average molecular weight is 381 g/mol. The van der Waals surface area contributed by atoms with E-state index in [4.69, 9.17) is 0 Å². The molecule has 5 nitrogen and oxygen atoms in total. The molecule has 2 fully saturated rings. The van der Waals surface area contributed by atoms with Crippen LogP contribution in [0.1, 0.15) is 53.7 Å². The third kappa shape index (κ3) is 3.72. The molecule has 0 bridgehead atoms. The topological polar surface area (TPSA) is 41.4 Å². The summed E-state index contributed by atoms with van der Waals surface area (Å²) in [4.78, 5) is 17.6. The van der Waals surface area contributed by atoms with Gasteiger partial charge in [0.2, 0.25) is 0 Å². The minimum atomic E-state index is 0.142. The molecule has 1 atom stereocenters. The smallest absolute Gasteiger partial charge is 0.257 e. The highest BCUT2D eigenvalue weighted by Crippen LogP contribution is 2.45. The SMILES string of the molecule is CCN1CC(c2ccccc2)CC2(CCN(C(=O)c3cn(C)nc3C)CC2)C1. The van der Waals surface area contributed by atoms with Crippen LogP contribution >= 0.6 is 0 Å². The standard InChI is InChI=1S/C23H32N4O/c1-4-26-15-20(19-8-6-5-7-9-19)14-23(17-26)10-12-27(13-11-23)22(28)21-16-25(3)24-18(21)2/h5-9,16,20H,4,10-15,17H2,1-3H3. The zero-order chi connectivity index (χ0) is 19.7. The van der Waals surface area contributed by atoms with Crippen molar-refractivity contribution in [2.45, 2.75) is 39.0 Å². The van der Waals surface area contributed by atoms with Crippen molar-refractivity contribution in [2.75, 3.05) is 32.7 Å². The molecule has 28 heavy (non-hydrogen) atoms. The van der Waals surface area contributed by atoms with Crippen LogP contribution in [0, 0.1) is 12.3 Å². The van der Waals surface area contributed by atoms with Gasteiger partial charge < -0.3 is 9.80 Å². The van der Waals surface area contributed by atoms with E-state index < -0.39 is 0 Å². The Hall–Kier alpha value is -2.14. The zero-order valence-electron chi connectivity index (χ0n) is 17.4. The Morgan fingerprint density at radius 1 is 1.21 bits per heavy atom. The molecule has 5 heteroatoms. The van der Waals surface area contributed by atoms with Gasteiger partial charge in [-0.25, -0.2) is 0 Å². The Morgan fingerprint density at radius 3 is 2.54 bits per heavy atom. The minimum Gasteiger partial charge on any atom is -0.339 e. The van der Waals surface area contributed by atoms with Gasteiger partial charge in [-0.05, 0) is 49.6 Å². The van der Waals surface area contributed by atoms with Gasteiger partial charge in [0, 0.05) is 39.4 Å². The third-order valence-corrected chi connectivity index (χ3v) is 6.79. The van der Waals surface area contributed by atoms with Gasteiger partial charge in [-0.3, -0.25) is 9.48 Å². The van der Waals surface area contributed by atoms with Crippen molar-refractivity contribution in [3.05, 3.63) is 53.3 Å². The minimum absolute atomic E-state index is 0.142. The summed E-state index contributed by atoms with van der Waals surface area (Å²) in [7, 11) is 1.88. The second-order valence-electron chi connectivity index (χ2n) is 8.73. The second-order valence-corrected chi connectivity index (χ2v) is 8.73. The number of aryl methyl sites for hydroxylation is 2. The van der Waals surface area contributed by atoms with Crippen LogP contribution in [0.4, 0.5) is 0 Å². The van der Waals surface area contributed by atoms with Crippen LogP contribution in [0.5, 0.6) is 0 Å². The first kappa shape index (κ1) is 19.2. The summed E-state index contributed by atoms with van der Waals surface area (Å²) in [5.41, 5.74) is 3.37. The lowest BCUT2D eigenvalue weighted by Crippen LogP contribution is -2.52. The molecule has 1 aromatic carbocycles. The Kier molecular flexibility index (Phi) is 5.28. The molecule has 1 aromatic heterocycles. The first-order chi connectivity index (χ1) is 13.5. The van der Waals surface area contributed by atoms with Crippen LogP contribution in [-0.4, -0.2) is 58.2 Å². The molecule has 0 saturated carbocycles. The number of nitrogens with zero attached hydrogens (tertiary/aromatic N) is 4. The number of rotatable bonds is 3. The van der Waals surface area contributed by atoms with E-state index in [9.17, 15) is 4.79 Å². The zero-order valence-corrected chi connectivity index (χ0v) is 17.4. The van der Waals surface area contributed by atoms with Crippen LogP contribution in [0.15, 0.2) is 36.5 Å². The lowest BCUT2D eigenvalue weighted by Gasteiger charge is -2.50. The monoisotopic (exact) mass is 380 g/mol. The van der Waals surface area contributed by atoms with Crippen molar-refractivity contribution in [3.63, 3.8) is 0 Å². The molecule has 1 unspecified atom stereocenters. The normalized spacial score (nSPS) is 22.5. The fourth-order valence-electron chi connectivity index (χ4n) is 5.22. The Morgan fingerprint density at radius 2 is 1.93 bits per heavy atom. The number of benzene rings is 1. The Labute approximate surface area is 168 Å². The Balaban J connectivity index is 1.47. The fourth-order valence-corrected chi connectivity index (χ4v) is 5.22.